The molecule has 17 unspecified atom stereocenters. The molecule has 19 nitrogen and oxygen atoms in total. The van der Waals surface area contributed by atoms with Crippen LogP contribution in [0, 0.1) is 0 Å². The zero-order valence-corrected chi connectivity index (χ0v) is 63.7. The number of aliphatic hydroxyl groups excluding tert-OH is 11. The lowest BCUT2D eigenvalue weighted by atomic mass is 9.96. The Kier molecular flexibility index (Phi) is 58.4. The van der Waals surface area contributed by atoms with Crippen LogP contribution in [0.15, 0.2) is 0 Å². The van der Waals surface area contributed by atoms with Crippen LogP contribution in [0.1, 0.15) is 380 Å². The lowest BCUT2D eigenvalue weighted by Crippen LogP contribution is -2.66. The van der Waals surface area contributed by atoms with E-state index in [2.05, 4.69) is 19.2 Å². The largest absolute Gasteiger partial charge is 0.394 e. The molecule has 0 aromatic heterocycles. The summed E-state index contributed by atoms with van der Waals surface area (Å²) < 4.78 is 34.5. The number of amides is 1. The molecule has 0 aliphatic carbocycles. The van der Waals surface area contributed by atoms with E-state index >= 15 is 0 Å². The number of carbonyl (C=O) groups is 1. The fourth-order valence-electron chi connectivity index (χ4n) is 14.9. The summed E-state index contributed by atoms with van der Waals surface area (Å²) >= 11 is 0. The van der Waals surface area contributed by atoms with E-state index in [9.17, 15) is 61.0 Å². The van der Waals surface area contributed by atoms with Gasteiger partial charge in [-0.15, -0.1) is 0 Å². The summed E-state index contributed by atoms with van der Waals surface area (Å²) in [5.74, 6) is -0.233. The van der Waals surface area contributed by atoms with Gasteiger partial charge in [0.05, 0.1) is 38.6 Å². The minimum atomic E-state index is -1.97. The van der Waals surface area contributed by atoms with E-state index in [1.165, 1.54) is 302 Å². The average Bonchev–Trinajstić information content (AvgIpc) is 0.783. The maximum absolute atomic E-state index is 13.5. The van der Waals surface area contributed by atoms with Crippen molar-refractivity contribution in [1.82, 2.24) is 5.32 Å². The molecule has 3 aliphatic rings. The number of carbonyl (C=O) groups excluding carboxylic acids is 1. The molecule has 0 radical (unpaired) electrons. The number of ether oxygens (including phenoxy) is 6. The smallest absolute Gasteiger partial charge is 0.220 e. The summed E-state index contributed by atoms with van der Waals surface area (Å²) in [4.78, 5) is 13.5. The molecule has 3 rings (SSSR count). The average molecular weight is 1430 g/mol. The molecule has 3 aliphatic heterocycles. The van der Waals surface area contributed by atoms with E-state index in [-0.39, 0.29) is 18.9 Å². The second-order valence-electron chi connectivity index (χ2n) is 30.7. The van der Waals surface area contributed by atoms with Gasteiger partial charge in [-0.3, -0.25) is 4.79 Å². The normalized spacial score (nSPS) is 26.4. The second kappa shape index (κ2) is 62.8. The molecule has 0 saturated carbocycles. The Hall–Kier alpha value is -1.21. The third-order valence-electron chi connectivity index (χ3n) is 21.7. The van der Waals surface area contributed by atoms with Crippen molar-refractivity contribution in [3.05, 3.63) is 0 Å². The molecule has 1 amide bonds. The molecule has 3 saturated heterocycles. The highest BCUT2D eigenvalue weighted by Crippen LogP contribution is 2.34. The lowest BCUT2D eigenvalue weighted by Gasteiger charge is -2.48. The molecule has 0 bridgehead atoms. The van der Waals surface area contributed by atoms with Crippen LogP contribution in [0.5, 0.6) is 0 Å². The Morgan fingerprint density at radius 2 is 0.570 bits per heavy atom. The maximum Gasteiger partial charge on any atom is 0.220 e. The molecule has 0 aromatic rings. The monoisotopic (exact) mass is 1430 g/mol. The van der Waals surface area contributed by atoms with Crippen LogP contribution in [-0.4, -0.2) is 193 Å². The Bertz CT molecular complexity index is 1810. The van der Waals surface area contributed by atoms with E-state index in [1.807, 2.05) is 0 Å². The van der Waals surface area contributed by atoms with Crippen LogP contribution in [0.25, 0.3) is 0 Å². The Morgan fingerprint density at radius 3 is 0.870 bits per heavy atom. The minimum Gasteiger partial charge on any atom is -0.394 e. The number of hydrogen-bond donors (Lipinski definition) is 12. The Morgan fingerprint density at radius 1 is 0.320 bits per heavy atom. The molecule has 3 heterocycles. The summed E-state index contributed by atoms with van der Waals surface area (Å²) in [5.41, 5.74) is 0. The van der Waals surface area contributed by atoms with E-state index in [1.54, 1.807) is 0 Å². The van der Waals surface area contributed by atoms with Crippen molar-refractivity contribution < 1.29 is 89.4 Å². The first kappa shape index (κ1) is 93.0. The van der Waals surface area contributed by atoms with Gasteiger partial charge in [-0.25, -0.2) is 0 Å². The summed E-state index contributed by atoms with van der Waals surface area (Å²) in [7, 11) is 0. The van der Waals surface area contributed by atoms with Gasteiger partial charge in [0, 0.05) is 6.42 Å². The van der Waals surface area contributed by atoms with Crippen molar-refractivity contribution >= 4 is 5.91 Å². The van der Waals surface area contributed by atoms with Gasteiger partial charge in [-0.05, 0) is 12.8 Å². The molecule has 100 heavy (non-hydrogen) atoms. The van der Waals surface area contributed by atoms with Gasteiger partial charge < -0.3 is 89.9 Å². The quantitative estimate of drug-likeness (QED) is 0.0252. The number of unbranched alkanes of at least 4 members (excludes halogenated alkanes) is 53. The van der Waals surface area contributed by atoms with Crippen LogP contribution in [0.2, 0.25) is 0 Å². The van der Waals surface area contributed by atoms with Gasteiger partial charge in [0.25, 0.3) is 0 Å². The predicted octanol–water partition coefficient (Wildman–Crippen LogP) is 14.6. The molecule has 12 N–H and O–H groups in total. The number of nitrogens with one attached hydrogen (secondary N) is 1. The van der Waals surface area contributed by atoms with Crippen molar-refractivity contribution in [2.75, 3.05) is 26.4 Å². The summed E-state index contributed by atoms with van der Waals surface area (Å²) in [6, 6.07) is -0.883. The van der Waals surface area contributed by atoms with Crippen molar-refractivity contribution in [3.8, 4) is 0 Å². The Labute approximate surface area is 608 Å². The van der Waals surface area contributed by atoms with Crippen LogP contribution in [-0.2, 0) is 33.2 Å². The second-order valence-corrected chi connectivity index (χ2v) is 30.7. The number of rotatable bonds is 69. The van der Waals surface area contributed by atoms with Gasteiger partial charge in [0.15, 0.2) is 18.9 Å². The molecule has 19 heteroatoms. The van der Waals surface area contributed by atoms with Crippen molar-refractivity contribution in [2.24, 2.45) is 0 Å². The standard InChI is InChI=1S/C81H157NO18/c1-3-5-7-9-11-13-15-17-19-21-23-24-25-26-27-28-29-30-31-32-33-34-35-36-37-38-39-40-41-43-45-47-49-51-53-55-57-59-69(87)82-64(65(86)58-56-54-52-50-48-46-44-42-22-20-18-16-14-12-10-8-6-4-2)63-95-79-75(93)72(90)77(67(61-84)97-79)100-81-76(94)73(91)78(68(62-85)98-81)99-80-74(92)71(89)70(88)66(60-83)96-80/h64-68,70-81,83-86,88-94H,3-63H2,1-2H3,(H,82,87). The van der Waals surface area contributed by atoms with E-state index in [0.29, 0.717) is 12.8 Å². The minimum absolute atomic E-state index is 0.233. The van der Waals surface area contributed by atoms with Crippen LogP contribution >= 0.6 is 0 Å². The molecule has 0 spiro atoms. The lowest BCUT2D eigenvalue weighted by molar-refractivity contribution is -0.379. The summed E-state index contributed by atoms with van der Waals surface area (Å²) in [6.45, 7) is 1.87. The number of hydrogen-bond acceptors (Lipinski definition) is 18. The molecule has 0 aromatic carbocycles. The molecule has 17 atom stereocenters. The first-order chi connectivity index (χ1) is 48.8. The van der Waals surface area contributed by atoms with Gasteiger partial charge in [-0.2, -0.15) is 0 Å². The van der Waals surface area contributed by atoms with Crippen molar-refractivity contribution in [1.29, 1.82) is 0 Å². The van der Waals surface area contributed by atoms with E-state index in [0.717, 1.165) is 44.9 Å². The van der Waals surface area contributed by atoms with Gasteiger partial charge in [0.1, 0.15) is 73.2 Å². The fourth-order valence-corrected chi connectivity index (χ4v) is 14.9. The number of aliphatic hydroxyl groups is 11. The molecule has 594 valence electrons. The predicted molar refractivity (Wildman–Crippen MR) is 397 cm³/mol. The third kappa shape index (κ3) is 42.4. The van der Waals surface area contributed by atoms with Gasteiger partial charge in [-0.1, -0.05) is 361 Å². The Balaban J connectivity index is 1.30. The maximum atomic E-state index is 13.5. The van der Waals surface area contributed by atoms with E-state index in [4.69, 9.17) is 28.4 Å². The zero-order valence-electron chi connectivity index (χ0n) is 63.7. The SMILES string of the molecule is CCCCCCCCCCCCCCCCCCCCCCCCCCCCCCCCCCCCCCCC(=O)NC(COC1OC(CO)C(OC2OC(CO)C(OC3OC(CO)C(O)C(O)C3O)C(O)C2O)C(O)C1O)C(O)CCCCCCCCCCCCCCCCCCCC. The summed E-state index contributed by atoms with van der Waals surface area (Å²) in [6.07, 6.45) is 46.5. The van der Waals surface area contributed by atoms with Gasteiger partial charge in [0.2, 0.25) is 5.91 Å². The fraction of sp³-hybridized carbons (Fsp3) is 0.988. The first-order valence-electron chi connectivity index (χ1n) is 42.3. The van der Waals surface area contributed by atoms with Crippen molar-refractivity contribution in [3.63, 3.8) is 0 Å². The van der Waals surface area contributed by atoms with E-state index < -0.39 is 124 Å². The van der Waals surface area contributed by atoms with Crippen molar-refractivity contribution in [2.45, 2.75) is 484 Å². The van der Waals surface area contributed by atoms with Crippen LogP contribution in [0.3, 0.4) is 0 Å². The summed E-state index contributed by atoms with van der Waals surface area (Å²) in [5, 5.41) is 121. The molecular weight excluding hydrogens is 1270 g/mol. The highest BCUT2D eigenvalue weighted by molar-refractivity contribution is 5.76. The highest BCUT2D eigenvalue weighted by atomic mass is 16.8. The van der Waals surface area contributed by atoms with Crippen LogP contribution in [0.4, 0.5) is 0 Å². The topological polar surface area (TPSA) is 307 Å². The highest BCUT2D eigenvalue weighted by Gasteiger charge is 2.54. The van der Waals surface area contributed by atoms with Gasteiger partial charge >= 0.3 is 0 Å². The molecule has 3 fully saturated rings. The molecular formula is C81H157NO18. The first-order valence-corrected chi connectivity index (χ1v) is 42.3. The van der Waals surface area contributed by atoms with Crippen LogP contribution < -0.4 is 5.32 Å². The zero-order chi connectivity index (χ0) is 72.5. The third-order valence-corrected chi connectivity index (χ3v) is 21.7.